The van der Waals surface area contributed by atoms with Crippen molar-refractivity contribution in [3.8, 4) is 0 Å². The second kappa shape index (κ2) is 12.0. The number of esters is 1. The molecule has 0 aromatic heterocycles. The molecule has 0 saturated heterocycles. The molecule has 112 valence electrons. The first-order valence-electron chi connectivity index (χ1n) is 7.42. The number of nitrogens with zero attached hydrogens (tertiary/aromatic N) is 1. The number of ether oxygens (including phenoxy) is 1. The Morgan fingerprint density at radius 1 is 0.947 bits per heavy atom. The van der Waals surface area contributed by atoms with Crippen molar-refractivity contribution < 1.29 is 14.3 Å². The van der Waals surface area contributed by atoms with Crippen LogP contribution in [0.25, 0.3) is 0 Å². The zero-order chi connectivity index (χ0) is 14.5. The summed E-state index contributed by atoms with van der Waals surface area (Å²) in [4.78, 5) is 24.3. The Bertz CT molecular complexity index is 254. The summed E-state index contributed by atoms with van der Waals surface area (Å²) in [6.45, 7) is 2.66. The fourth-order valence-electron chi connectivity index (χ4n) is 1.91. The van der Waals surface area contributed by atoms with Crippen LogP contribution in [0.1, 0.15) is 64.7 Å². The van der Waals surface area contributed by atoms with E-state index in [1.165, 1.54) is 39.2 Å². The molecule has 0 spiro atoms. The minimum absolute atomic E-state index is 0.123. The van der Waals surface area contributed by atoms with E-state index in [9.17, 15) is 9.59 Å². The molecule has 1 amide bonds. The van der Waals surface area contributed by atoms with E-state index < -0.39 is 0 Å². The third kappa shape index (κ3) is 10.5. The molecule has 0 aliphatic carbocycles. The van der Waals surface area contributed by atoms with Crippen LogP contribution in [0.5, 0.6) is 0 Å². The predicted molar refractivity (Wildman–Crippen MR) is 76.9 cm³/mol. The van der Waals surface area contributed by atoms with Gasteiger partial charge < -0.3 is 9.64 Å². The van der Waals surface area contributed by atoms with Crippen molar-refractivity contribution in [1.82, 2.24) is 4.90 Å². The summed E-state index contributed by atoms with van der Waals surface area (Å²) < 4.78 is 4.55. The first-order chi connectivity index (χ1) is 9.11. The van der Waals surface area contributed by atoms with E-state index >= 15 is 0 Å². The van der Waals surface area contributed by atoms with Crippen LogP contribution in [0, 0.1) is 0 Å². The van der Waals surface area contributed by atoms with Gasteiger partial charge in [0.2, 0.25) is 5.91 Å². The van der Waals surface area contributed by atoms with Gasteiger partial charge in [0, 0.05) is 20.0 Å². The molecule has 0 aromatic rings. The highest BCUT2D eigenvalue weighted by Crippen LogP contribution is 2.09. The van der Waals surface area contributed by atoms with Gasteiger partial charge in [0.1, 0.15) is 0 Å². The van der Waals surface area contributed by atoms with Crippen LogP contribution >= 0.6 is 0 Å². The van der Waals surface area contributed by atoms with Gasteiger partial charge in [-0.15, -0.1) is 0 Å². The van der Waals surface area contributed by atoms with Gasteiger partial charge in [0.05, 0.1) is 13.5 Å². The molecule has 0 aliphatic rings. The molecule has 0 aliphatic heterocycles. The molecule has 0 fully saturated rings. The standard InChI is InChI=1S/C15H29NO3/c1-4-5-6-7-8-9-10-11-14(17)16(2)13-12-15(18)19-3/h4-13H2,1-3H3. The summed E-state index contributed by atoms with van der Waals surface area (Å²) >= 11 is 0. The highest BCUT2D eigenvalue weighted by Gasteiger charge is 2.10. The van der Waals surface area contributed by atoms with Gasteiger partial charge in [-0.2, -0.15) is 0 Å². The zero-order valence-corrected chi connectivity index (χ0v) is 12.7. The van der Waals surface area contributed by atoms with Crippen LogP contribution in [-0.2, 0) is 14.3 Å². The van der Waals surface area contributed by atoms with E-state index in [1.54, 1.807) is 11.9 Å². The lowest BCUT2D eigenvalue weighted by Gasteiger charge is -2.16. The molecule has 4 heteroatoms. The van der Waals surface area contributed by atoms with Gasteiger partial charge in [-0.05, 0) is 6.42 Å². The summed E-state index contributed by atoms with van der Waals surface area (Å²) in [6.07, 6.45) is 9.33. The van der Waals surface area contributed by atoms with E-state index in [-0.39, 0.29) is 18.3 Å². The third-order valence-electron chi connectivity index (χ3n) is 3.30. The highest BCUT2D eigenvalue weighted by atomic mass is 16.5. The zero-order valence-electron chi connectivity index (χ0n) is 12.7. The largest absolute Gasteiger partial charge is 0.469 e. The minimum atomic E-state index is -0.268. The summed E-state index contributed by atoms with van der Waals surface area (Å²) in [6, 6.07) is 0. The lowest BCUT2D eigenvalue weighted by atomic mass is 10.1. The lowest BCUT2D eigenvalue weighted by Crippen LogP contribution is -2.29. The van der Waals surface area contributed by atoms with E-state index in [4.69, 9.17) is 0 Å². The average molecular weight is 271 g/mol. The fraction of sp³-hybridized carbons (Fsp3) is 0.867. The van der Waals surface area contributed by atoms with Crippen LogP contribution in [0.3, 0.4) is 0 Å². The van der Waals surface area contributed by atoms with E-state index in [2.05, 4.69) is 11.7 Å². The Kier molecular flexibility index (Phi) is 11.3. The number of unbranched alkanes of at least 4 members (excludes halogenated alkanes) is 6. The summed E-state index contributed by atoms with van der Waals surface area (Å²) in [5.74, 6) is -0.145. The molecule has 19 heavy (non-hydrogen) atoms. The maximum Gasteiger partial charge on any atom is 0.307 e. The van der Waals surface area contributed by atoms with Crippen LogP contribution in [0.4, 0.5) is 0 Å². The number of carbonyl (C=O) groups excluding carboxylic acids is 2. The first kappa shape index (κ1) is 17.9. The van der Waals surface area contributed by atoms with E-state index in [1.807, 2.05) is 0 Å². The second-order valence-electron chi connectivity index (χ2n) is 5.01. The Balaban J connectivity index is 3.49. The van der Waals surface area contributed by atoms with Gasteiger partial charge in [-0.3, -0.25) is 9.59 Å². The molecule has 0 heterocycles. The Morgan fingerprint density at radius 2 is 1.53 bits per heavy atom. The Morgan fingerprint density at radius 3 is 2.11 bits per heavy atom. The molecule has 4 nitrogen and oxygen atoms in total. The van der Waals surface area contributed by atoms with Gasteiger partial charge in [0.15, 0.2) is 0 Å². The van der Waals surface area contributed by atoms with Crippen molar-refractivity contribution >= 4 is 11.9 Å². The van der Waals surface area contributed by atoms with Crippen molar-refractivity contribution in [2.24, 2.45) is 0 Å². The highest BCUT2D eigenvalue weighted by molar-refractivity contribution is 5.76. The first-order valence-corrected chi connectivity index (χ1v) is 7.42. The maximum atomic E-state index is 11.8. The van der Waals surface area contributed by atoms with Crippen molar-refractivity contribution in [3.05, 3.63) is 0 Å². The Labute approximate surface area is 117 Å². The Hall–Kier alpha value is -1.06. The minimum Gasteiger partial charge on any atom is -0.469 e. The quantitative estimate of drug-likeness (QED) is 0.428. The topological polar surface area (TPSA) is 46.6 Å². The van der Waals surface area contributed by atoms with E-state index in [0.717, 1.165) is 12.8 Å². The molecule has 0 rings (SSSR count). The lowest BCUT2D eigenvalue weighted by molar-refractivity contribution is -0.141. The van der Waals surface area contributed by atoms with Crippen LogP contribution in [0.2, 0.25) is 0 Å². The van der Waals surface area contributed by atoms with Crippen LogP contribution < -0.4 is 0 Å². The van der Waals surface area contributed by atoms with Gasteiger partial charge >= 0.3 is 5.97 Å². The molecular formula is C15H29NO3. The van der Waals surface area contributed by atoms with Gasteiger partial charge in [-0.25, -0.2) is 0 Å². The van der Waals surface area contributed by atoms with Crippen LogP contribution in [0.15, 0.2) is 0 Å². The van der Waals surface area contributed by atoms with Crippen molar-refractivity contribution in [2.45, 2.75) is 64.7 Å². The molecule has 0 aromatic carbocycles. The van der Waals surface area contributed by atoms with Crippen molar-refractivity contribution in [1.29, 1.82) is 0 Å². The smallest absolute Gasteiger partial charge is 0.307 e. The van der Waals surface area contributed by atoms with Crippen molar-refractivity contribution in [3.63, 3.8) is 0 Å². The number of carbonyl (C=O) groups is 2. The second-order valence-corrected chi connectivity index (χ2v) is 5.01. The third-order valence-corrected chi connectivity index (χ3v) is 3.30. The number of rotatable bonds is 11. The monoisotopic (exact) mass is 271 g/mol. The summed E-state index contributed by atoms with van der Waals surface area (Å²) in [5.41, 5.74) is 0. The molecule has 0 atom stereocenters. The molecule has 0 N–H and O–H groups in total. The molecule has 0 saturated carbocycles. The summed E-state index contributed by atoms with van der Waals surface area (Å²) in [5, 5.41) is 0. The summed E-state index contributed by atoms with van der Waals surface area (Å²) in [7, 11) is 3.11. The predicted octanol–water partition coefficient (Wildman–Crippen LogP) is 3.15. The average Bonchev–Trinajstić information content (AvgIpc) is 2.42. The number of hydrogen-bond acceptors (Lipinski definition) is 3. The fourth-order valence-corrected chi connectivity index (χ4v) is 1.91. The number of hydrogen-bond donors (Lipinski definition) is 0. The van der Waals surface area contributed by atoms with Crippen molar-refractivity contribution in [2.75, 3.05) is 20.7 Å². The molecule has 0 radical (unpaired) electrons. The SMILES string of the molecule is CCCCCCCCCC(=O)N(C)CCC(=O)OC. The molecule has 0 unspecified atom stereocenters. The van der Waals surface area contributed by atoms with Gasteiger partial charge in [-0.1, -0.05) is 45.4 Å². The number of methoxy groups -OCH3 is 1. The molecular weight excluding hydrogens is 242 g/mol. The molecule has 0 bridgehead atoms. The normalized spacial score (nSPS) is 10.3. The van der Waals surface area contributed by atoms with E-state index in [0.29, 0.717) is 13.0 Å². The van der Waals surface area contributed by atoms with Gasteiger partial charge in [0.25, 0.3) is 0 Å². The number of amides is 1. The van der Waals surface area contributed by atoms with Crippen LogP contribution in [-0.4, -0.2) is 37.5 Å². The maximum absolute atomic E-state index is 11.8.